The summed E-state index contributed by atoms with van der Waals surface area (Å²) in [6.45, 7) is 3.61. The van der Waals surface area contributed by atoms with Gasteiger partial charge in [-0.3, -0.25) is 29.3 Å². The Labute approximate surface area is 302 Å². The number of nitrogens with zero attached hydrogens (tertiary/aromatic N) is 3. The van der Waals surface area contributed by atoms with E-state index in [1.54, 1.807) is 12.4 Å². The minimum Gasteiger partial charge on any atom is -0.480 e. The molecule has 5 N–H and O–H groups in total. The second-order valence-corrected chi connectivity index (χ2v) is 12.9. The van der Waals surface area contributed by atoms with E-state index >= 15 is 0 Å². The van der Waals surface area contributed by atoms with Crippen molar-refractivity contribution < 1.29 is 34.2 Å². The Bertz CT molecular complexity index is 1260. The van der Waals surface area contributed by atoms with Crippen LogP contribution in [0.1, 0.15) is 121 Å². The molecule has 0 aliphatic heterocycles. The number of unbranched alkanes of at least 4 members (excludes halogenated alkanes) is 7. The molecule has 2 unspecified atom stereocenters. The van der Waals surface area contributed by atoms with Gasteiger partial charge in [0.25, 0.3) is 0 Å². The largest absolute Gasteiger partial charge is 0.480 e. The van der Waals surface area contributed by atoms with E-state index in [1.807, 2.05) is 48.2 Å². The number of aromatic nitrogens is 2. The smallest absolute Gasteiger partial charge is 0.326 e. The summed E-state index contributed by atoms with van der Waals surface area (Å²) in [6.07, 6.45) is 14.5. The molecule has 282 valence electrons. The lowest BCUT2D eigenvalue weighted by Crippen LogP contribution is -2.46. The first kappa shape index (κ1) is 42.8. The average molecular weight is 711 g/mol. The molecule has 0 radical (unpaired) electrons. The normalized spacial score (nSPS) is 12.2. The summed E-state index contributed by atoms with van der Waals surface area (Å²) in [5, 5.41) is 27.3. The van der Waals surface area contributed by atoms with Crippen molar-refractivity contribution in [2.24, 2.45) is 0 Å². The molecule has 0 aliphatic carbocycles. The number of carboxylic acids is 2. The van der Waals surface area contributed by atoms with Crippen LogP contribution in [0.2, 0.25) is 0 Å². The topological polar surface area (TPSA) is 191 Å². The van der Waals surface area contributed by atoms with Gasteiger partial charge in [-0.1, -0.05) is 51.2 Å². The van der Waals surface area contributed by atoms with Gasteiger partial charge >= 0.3 is 18.0 Å². The predicted octanol–water partition coefficient (Wildman–Crippen LogP) is 5.63. The number of urea groups is 1. The van der Waals surface area contributed by atoms with E-state index < -0.39 is 30.1 Å². The number of carboxylic acid groups (broad SMARTS) is 2. The lowest BCUT2D eigenvalue weighted by molar-refractivity contribution is -0.144. The highest BCUT2D eigenvalue weighted by Crippen LogP contribution is 2.16. The maximum atomic E-state index is 12.3. The molecular formula is C38H58N6O7. The molecule has 0 spiro atoms. The number of ketones is 1. The molecule has 0 saturated carbocycles. The van der Waals surface area contributed by atoms with Gasteiger partial charge in [0, 0.05) is 57.8 Å². The number of pyridine rings is 2. The van der Waals surface area contributed by atoms with E-state index in [0.717, 1.165) is 62.8 Å². The Morgan fingerprint density at radius 3 is 1.75 bits per heavy atom. The van der Waals surface area contributed by atoms with Gasteiger partial charge in [0.05, 0.1) is 11.4 Å². The zero-order valence-corrected chi connectivity index (χ0v) is 30.2. The fourth-order valence-corrected chi connectivity index (χ4v) is 5.76. The molecule has 2 rings (SSSR count). The van der Waals surface area contributed by atoms with Gasteiger partial charge in [-0.25, -0.2) is 9.59 Å². The highest BCUT2D eigenvalue weighted by atomic mass is 16.4. The number of carbonyl (C=O) groups excluding carboxylic acids is 3. The van der Waals surface area contributed by atoms with Crippen LogP contribution >= 0.6 is 0 Å². The Hall–Kier alpha value is -4.39. The molecule has 0 fully saturated rings. The molecule has 0 saturated heterocycles. The fourth-order valence-electron chi connectivity index (χ4n) is 5.76. The average Bonchev–Trinajstić information content (AvgIpc) is 3.11. The van der Waals surface area contributed by atoms with Gasteiger partial charge in [0.2, 0.25) is 5.91 Å². The highest BCUT2D eigenvalue weighted by Gasteiger charge is 2.26. The van der Waals surface area contributed by atoms with Crippen molar-refractivity contribution in [1.29, 1.82) is 0 Å². The zero-order chi connectivity index (χ0) is 37.1. The van der Waals surface area contributed by atoms with Crippen molar-refractivity contribution in [3.8, 4) is 0 Å². The van der Waals surface area contributed by atoms with E-state index in [4.69, 9.17) is 5.11 Å². The van der Waals surface area contributed by atoms with Crippen LogP contribution in [0.25, 0.3) is 0 Å². The summed E-state index contributed by atoms with van der Waals surface area (Å²) >= 11 is 0. The van der Waals surface area contributed by atoms with Gasteiger partial charge in [0.1, 0.15) is 17.9 Å². The molecule has 3 amide bonds. The molecule has 0 aliphatic rings. The molecule has 2 heterocycles. The Kier molecular flexibility index (Phi) is 22.2. The highest BCUT2D eigenvalue weighted by molar-refractivity contribution is 5.82. The van der Waals surface area contributed by atoms with Crippen molar-refractivity contribution in [2.75, 3.05) is 13.1 Å². The third kappa shape index (κ3) is 20.2. The maximum absolute atomic E-state index is 12.3. The van der Waals surface area contributed by atoms with E-state index in [2.05, 4.69) is 25.9 Å². The zero-order valence-electron chi connectivity index (χ0n) is 30.2. The van der Waals surface area contributed by atoms with Gasteiger partial charge < -0.3 is 26.2 Å². The van der Waals surface area contributed by atoms with Crippen LogP contribution in [0.15, 0.2) is 48.8 Å². The van der Waals surface area contributed by atoms with Gasteiger partial charge in [-0.05, 0) is 75.6 Å². The van der Waals surface area contributed by atoms with Crippen LogP contribution in [-0.2, 0) is 32.3 Å². The summed E-state index contributed by atoms with van der Waals surface area (Å²) in [5.41, 5.74) is 1.58. The van der Waals surface area contributed by atoms with Crippen molar-refractivity contribution in [2.45, 2.75) is 135 Å². The number of carbonyl (C=O) groups is 5. The molecule has 0 aromatic carbocycles. The molecule has 13 heteroatoms. The molecule has 2 atom stereocenters. The molecule has 51 heavy (non-hydrogen) atoms. The van der Waals surface area contributed by atoms with Crippen LogP contribution in [0.5, 0.6) is 0 Å². The molecule has 13 nitrogen and oxygen atoms in total. The van der Waals surface area contributed by atoms with Gasteiger partial charge in [-0.2, -0.15) is 0 Å². The van der Waals surface area contributed by atoms with Gasteiger partial charge in [0.15, 0.2) is 0 Å². The molecule has 0 bridgehead atoms. The second kappa shape index (κ2) is 26.4. The summed E-state index contributed by atoms with van der Waals surface area (Å²) in [7, 11) is 0. The van der Waals surface area contributed by atoms with Crippen LogP contribution in [0.4, 0.5) is 4.79 Å². The third-order valence-electron chi connectivity index (χ3n) is 8.59. The summed E-state index contributed by atoms with van der Waals surface area (Å²) in [4.78, 5) is 70.4. The quantitative estimate of drug-likeness (QED) is 0.0662. The minimum atomic E-state index is -1.03. The summed E-state index contributed by atoms with van der Waals surface area (Å²) < 4.78 is 0. The monoisotopic (exact) mass is 710 g/mol. The summed E-state index contributed by atoms with van der Waals surface area (Å²) in [5.74, 6) is -1.68. The predicted molar refractivity (Wildman–Crippen MR) is 195 cm³/mol. The number of hydrogen-bond donors (Lipinski definition) is 5. The Balaban J connectivity index is 1.50. The first-order chi connectivity index (χ1) is 24.7. The maximum Gasteiger partial charge on any atom is 0.326 e. The first-order valence-electron chi connectivity index (χ1n) is 18.5. The molecular weight excluding hydrogens is 652 g/mol. The Morgan fingerprint density at radius 2 is 1.22 bits per heavy atom. The minimum absolute atomic E-state index is 0.00966. The van der Waals surface area contributed by atoms with Crippen LogP contribution in [-0.4, -0.2) is 79.9 Å². The number of aliphatic carboxylic acids is 2. The van der Waals surface area contributed by atoms with E-state index in [0.29, 0.717) is 77.5 Å². The third-order valence-corrected chi connectivity index (χ3v) is 8.59. The lowest BCUT2D eigenvalue weighted by atomic mass is 10.0. The molecule has 2 aromatic heterocycles. The Morgan fingerprint density at radius 1 is 0.667 bits per heavy atom. The second-order valence-electron chi connectivity index (χ2n) is 12.9. The van der Waals surface area contributed by atoms with Crippen LogP contribution in [0, 0.1) is 0 Å². The number of amides is 3. The lowest BCUT2D eigenvalue weighted by Gasteiger charge is -2.28. The van der Waals surface area contributed by atoms with E-state index in [1.165, 1.54) is 0 Å². The van der Waals surface area contributed by atoms with Gasteiger partial charge in [-0.15, -0.1) is 0 Å². The van der Waals surface area contributed by atoms with Crippen molar-refractivity contribution in [3.05, 3.63) is 60.2 Å². The number of rotatable bonds is 29. The van der Waals surface area contributed by atoms with Crippen molar-refractivity contribution in [1.82, 2.24) is 30.8 Å². The standard InChI is InChI=1S/C38H58N6O7/c1-2-17-33(36(47)48)43-38(51)42-27-13-6-5-8-21-32(45)20-7-3-4-9-23-35(46)41-26-16-12-22-34(37(49)50)44(28-30-18-10-14-24-39-30)29-31-19-11-15-25-40-31/h10-11,14-15,18-19,24-25,33-34H,2-9,12-13,16-17,20-23,26-29H2,1H3,(H,41,46)(H,47,48)(H,49,50)(H2,42,43,51). The number of nitrogens with one attached hydrogen (secondary N) is 3. The SMILES string of the molecule is CCCC(NC(=O)NCCCCCCC(=O)CCCCCCC(=O)NCCCCC(C(=O)O)N(Cc1ccccn1)Cc1ccccn1)C(=O)O. The fraction of sp³-hybridized carbons (Fsp3) is 0.605. The molecule has 2 aromatic rings. The van der Waals surface area contributed by atoms with Crippen molar-refractivity contribution >= 4 is 29.7 Å². The van der Waals surface area contributed by atoms with Crippen LogP contribution in [0.3, 0.4) is 0 Å². The van der Waals surface area contributed by atoms with E-state index in [-0.39, 0.29) is 11.7 Å². The number of Topliss-reactive ketones (excluding diaryl/α,β-unsaturated/α-hetero) is 1. The summed E-state index contributed by atoms with van der Waals surface area (Å²) in [6, 6.07) is 9.15. The number of hydrogen-bond acceptors (Lipinski definition) is 8. The van der Waals surface area contributed by atoms with Crippen molar-refractivity contribution in [3.63, 3.8) is 0 Å². The first-order valence-corrected chi connectivity index (χ1v) is 18.5. The van der Waals surface area contributed by atoms with E-state index in [9.17, 15) is 29.1 Å². The van der Waals surface area contributed by atoms with Crippen LogP contribution < -0.4 is 16.0 Å².